The van der Waals surface area contributed by atoms with Crippen molar-refractivity contribution in [3.05, 3.63) is 53.6 Å². The van der Waals surface area contributed by atoms with Gasteiger partial charge in [0.25, 0.3) is 0 Å². The topological polar surface area (TPSA) is 9.23 Å². The second kappa shape index (κ2) is 10.0. The molecule has 0 aliphatic heterocycles. The molecular formula is C27H31F5O. The van der Waals surface area contributed by atoms with E-state index in [2.05, 4.69) is 11.7 Å². The molecule has 0 spiro atoms. The molecule has 0 radical (unpaired) electrons. The van der Waals surface area contributed by atoms with Gasteiger partial charge in [-0.2, -0.15) is 13.2 Å². The number of benzene rings is 2. The number of hydrogen-bond donors (Lipinski definition) is 0. The summed E-state index contributed by atoms with van der Waals surface area (Å²) >= 11 is 0. The molecule has 2 fully saturated rings. The molecule has 0 bridgehead atoms. The SMILES string of the molecule is CCCC1CC[C@@H]2C[C@H](c3ccc(-c4ccc(OCC(F)(F)F)c(F)c4)c(F)c3)CC[C@@H]2C1. The highest BCUT2D eigenvalue weighted by Crippen LogP contribution is 2.48. The van der Waals surface area contributed by atoms with Crippen molar-refractivity contribution in [2.24, 2.45) is 17.8 Å². The van der Waals surface area contributed by atoms with Gasteiger partial charge >= 0.3 is 6.18 Å². The Labute approximate surface area is 192 Å². The van der Waals surface area contributed by atoms with Gasteiger partial charge in [-0.1, -0.05) is 44.4 Å². The van der Waals surface area contributed by atoms with Crippen LogP contribution >= 0.6 is 0 Å². The lowest BCUT2D eigenvalue weighted by molar-refractivity contribution is -0.153. The Kier molecular flexibility index (Phi) is 7.30. The zero-order valence-electron chi connectivity index (χ0n) is 18.9. The summed E-state index contributed by atoms with van der Waals surface area (Å²) in [5.74, 6) is 0.845. The summed E-state index contributed by atoms with van der Waals surface area (Å²) < 4.78 is 70.6. The maximum atomic E-state index is 15.0. The van der Waals surface area contributed by atoms with Crippen LogP contribution in [0, 0.1) is 29.4 Å². The highest BCUT2D eigenvalue weighted by atomic mass is 19.4. The van der Waals surface area contributed by atoms with E-state index in [0.29, 0.717) is 5.92 Å². The number of fused-ring (bicyclic) bond motifs is 1. The van der Waals surface area contributed by atoms with Crippen molar-refractivity contribution >= 4 is 0 Å². The average molecular weight is 467 g/mol. The van der Waals surface area contributed by atoms with Crippen molar-refractivity contribution in [2.75, 3.05) is 6.61 Å². The van der Waals surface area contributed by atoms with E-state index >= 15 is 0 Å². The van der Waals surface area contributed by atoms with E-state index in [1.165, 1.54) is 44.6 Å². The fourth-order valence-electron chi connectivity index (χ4n) is 5.92. The van der Waals surface area contributed by atoms with Crippen molar-refractivity contribution in [3.63, 3.8) is 0 Å². The summed E-state index contributed by atoms with van der Waals surface area (Å²) in [6.07, 6.45) is 5.31. The molecule has 0 amide bonds. The van der Waals surface area contributed by atoms with Crippen LogP contribution in [-0.2, 0) is 0 Å². The van der Waals surface area contributed by atoms with E-state index in [9.17, 15) is 22.0 Å². The molecule has 33 heavy (non-hydrogen) atoms. The van der Waals surface area contributed by atoms with Crippen LogP contribution < -0.4 is 4.74 Å². The van der Waals surface area contributed by atoms with Crippen molar-refractivity contribution < 1.29 is 26.7 Å². The Morgan fingerprint density at radius 1 is 0.879 bits per heavy atom. The number of hydrogen-bond acceptors (Lipinski definition) is 1. The summed E-state index contributed by atoms with van der Waals surface area (Å²) in [4.78, 5) is 0. The van der Waals surface area contributed by atoms with Crippen molar-refractivity contribution in [1.29, 1.82) is 0 Å². The first-order valence-electron chi connectivity index (χ1n) is 12.0. The summed E-state index contributed by atoms with van der Waals surface area (Å²) in [6.45, 7) is 0.681. The standard InChI is InChI=1S/C27H31F5O/c1-2-3-17-4-5-19-13-20(7-6-18(19)12-17)21-8-10-23(24(28)14-21)22-9-11-26(25(29)15-22)33-16-27(30,31)32/h8-11,14-15,17-20H,2-7,12-13,16H2,1H3/t17?,18-,19-,20-/m1/s1. The molecule has 2 aliphatic carbocycles. The Morgan fingerprint density at radius 2 is 1.64 bits per heavy atom. The molecule has 2 aliphatic rings. The normalized spacial score (nSPS) is 25.5. The van der Waals surface area contributed by atoms with E-state index in [0.717, 1.165) is 48.3 Å². The average Bonchev–Trinajstić information content (AvgIpc) is 2.77. The molecule has 2 aromatic carbocycles. The fourth-order valence-corrected chi connectivity index (χ4v) is 5.92. The summed E-state index contributed by atoms with van der Waals surface area (Å²) in [6, 6.07) is 8.63. The molecule has 4 rings (SSSR count). The van der Waals surface area contributed by atoms with Crippen molar-refractivity contribution in [3.8, 4) is 16.9 Å². The van der Waals surface area contributed by atoms with E-state index in [4.69, 9.17) is 0 Å². The zero-order chi connectivity index (χ0) is 23.6. The predicted octanol–water partition coefficient (Wildman–Crippen LogP) is 8.67. The molecule has 1 unspecified atom stereocenters. The molecule has 0 aromatic heterocycles. The highest BCUT2D eigenvalue weighted by molar-refractivity contribution is 5.65. The Balaban J connectivity index is 1.43. The number of halogens is 5. The van der Waals surface area contributed by atoms with Crippen LogP contribution in [-0.4, -0.2) is 12.8 Å². The monoisotopic (exact) mass is 466 g/mol. The molecule has 2 aromatic rings. The van der Waals surface area contributed by atoms with Crippen LogP contribution in [0.1, 0.15) is 69.8 Å². The number of rotatable bonds is 6. The third-order valence-corrected chi connectivity index (χ3v) is 7.52. The van der Waals surface area contributed by atoms with Crippen LogP contribution in [0.15, 0.2) is 36.4 Å². The van der Waals surface area contributed by atoms with E-state index in [-0.39, 0.29) is 11.1 Å². The second-order valence-corrected chi connectivity index (χ2v) is 9.79. The van der Waals surface area contributed by atoms with Crippen LogP contribution in [0.2, 0.25) is 0 Å². The molecule has 0 heterocycles. The number of alkyl halides is 3. The van der Waals surface area contributed by atoms with E-state index in [1.54, 1.807) is 12.1 Å². The van der Waals surface area contributed by atoms with Gasteiger partial charge in [0.05, 0.1) is 0 Å². The fraction of sp³-hybridized carbons (Fsp3) is 0.556. The van der Waals surface area contributed by atoms with E-state index in [1.807, 2.05) is 6.07 Å². The smallest absolute Gasteiger partial charge is 0.422 e. The van der Waals surface area contributed by atoms with Crippen LogP contribution in [0.5, 0.6) is 5.75 Å². The van der Waals surface area contributed by atoms with Gasteiger partial charge in [-0.15, -0.1) is 0 Å². The van der Waals surface area contributed by atoms with Gasteiger partial charge in [0.1, 0.15) is 5.82 Å². The minimum absolute atomic E-state index is 0.230. The Bertz CT molecular complexity index is 954. The summed E-state index contributed by atoms with van der Waals surface area (Å²) in [5, 5.41) is 0. The van der Waals surface area contributed by atoms with Gasteiger partial charge in [-0.25, -0.2) is 8.78 Å². The quantitative estimate of drug-likeness (QED) is 0.387. The minimum atomic E-state index is -4.55. The third kappa shape index (κ3) is 5.88. The van der Waals surface area contributed by atoms with Gasteiger partial charge in [0, 0.05) is 5.56 Å². The second-order valence-electron chi connectivity index (χ2n) is 9.79. The lowest BCUT2D eigenvalue weighted by atomic mass is 9.63. The maximum Gasteiger partial charge on any atom is 0.422 e. The van der Waals surface area contributed by atoms with Crippen LogP contribution in [0.3, 0.4) is 0 Å². The van der Waals surface area contributed by atoms with Crippen LogP contribution in [0.25, 0.3) is 11.1 Å². The first-order chi connectivity index (χ1) is 15.7. The summed E-state index contributed by atoms with van der Waals surface area (Å²) in [7, 11) is 0. The van der Waals surface area contributed by atoms with Crippen molar-refractivity contribution in [1.82, 2.24) is 0 Å². The highest BCUT2D eigenvalue weighted by Gasteiger charge is 2.36. The third-order valence-electron chi connectivity index (χ3n) is 7.52. The van der Waals surface area contributed by atoms with Gasteiger partial charge in [0.2, 0.25) is 0 Å². The zero-order valence-corrected chi connectivity index (χ0v) is 18.9. The van der Waals surface area contributed by atoms with Gasteiger partial charge in [-0.3, -0.25) is 0 Å². The minimum Gasteiger partial charge on any atom is -0.481 e. The molecule has 0 saturated heterocycles. The van der Waals surface area contributed by atoms with Crippen molar-refractivity contribution in [2.45, 2.75) is 70.4 Å². The maximum absolute atomic E-state index is 15.0. The molecule has 4 atom stereocenters. The van der Waals surface area contributed by atoms with Crippen LogP contribution in [0.4, 0.5) is 22.0 Å². The van der Waals surface area contributed by atoms with Gasteiger partial charge in [-0.05, 0) is 85.1 Å². The summed E-state index contributed by atoms with van der Waals surface area (Å²) in [5.41, 5.74) is 1.48. The largest absolute Gasteiger partial charge is 0.481 e. The Hall–Kier alpha value is -2.11. The molecule has 1 nitrogen and oxygen atoms in total. The van der Waals surface area contributed by atoms with Gasteiger partial charge in [0.15, 0.2) is 18.2 Å². The lowest BCUT2D eigenvalue weighted by Gasteiger charge is -2.42. The molecule has 180 valence electrons. The predicted molar refractivity (Wildman–Crippen MR) is 119 cm³/mol. The first-order valence-corrected chi connectivity index (χ1v) is 12.0. The van der Waals surface area contributed by atoms with Gasteiger partial charge < -0.3 is 4.74 Å². The molecule has 0 N–H and O–H groups in total. The first kappa shape index (κ1) is 24.0. The lowest BCUT2D eigenvalue weighted by Crippen LogP contribution is -2.30. The molecular weight excluding hydrogens is 435 g/mol. The number of ether oxygens (including phenoxy) is 1. The molecule has 2 saturated carbocycles. The Morgan fingerprint density at radius 3 is 2.33 bits per heavy atom. The van der Waals surface area contributed by atoms with E-state index < -0.39 is 30.2 Å². The molecule has 6 heteroatoms.